The first-order valence-electron chi connectivity index (χ1n) is 10.4. The van der Waals surface area contributed by atoms with Gasteiger partial charge in [-0.25, -0.2) is 4.98 Å². The molecule has 1 amide bonds. The molecule has 3 aromatic heterocycles. The fourth-order valence-corrected chi connectivity index (χ4v) is 6.15. The number of hydrogen-bond acceptors (Lipinski definition) is 6. The van der Waals surface area contributed by atoms with Crippen molar-refractivity contribution in [3.63, 3.8) is 0 Å². The molecule has 164 valence electrons. The van der Waals surface area contributed by atoms with E-state index in [1.165, 1.54) is 16.6 Å². The van der Waals surface area contributed by atoms with Crippen LogP contribution < -0.4 is 10.9 Å². The number of thioether (sulfide) groups is 1. The second-order valence-corrected chi connectivity index (χ2v) is 10.0. The molecule has 1 aliphatic rings. The molecule has 1 N–H and O–H groups in total. The van der Waals surface area contributed by atoms with Crippen molar-refractivity contribution in [2.75, 3.05) is 5.75 Å². The maximum atomic E-state index is 13.7. The molecular weight excluding hydrogens is 466 g/mol. The number of aromatic nitrogens is 2. The zero-order valence-electron chi connectivity index (χ0n) is 17.1. The van der Waals surface area contributed by atoms with Gasteiger partial charge in [-0.1, -0.05) is 23.4 Å². The Labute approximate surface area is 197 Å². The van der Waals surface area contributed by atoms with E-state index in [0.717, 1.165) is 36.1 Å². The van der Waals surface area contributed by atoms with Gasteiger partial charge in [-0.05, 0) is 67.6 Å². The number of halogens is 1. The van der Waals surface area contributed by atoms with Gasteiger partial charge in [0, 0.05) is 9.90 Å². The number of aryl methyl sites for hydroxylation is 2. The quantitative estimate of drug-likeness (QED) is 0.308. The molecular formula is C23H20ClN3O3S2. The molecule has 9 heteroatoms. The van der Waals surface area contributed by atoms with E-state index in [-0.39, 0.29) is 17.2 Å². The van der Waals surface area contributed by atoms with Crippen LogP contribution in [0.2, 0.25) is 5.02 Å². The van der Waals surface area contributed by atoms with Crippen molar-refractivity contribution in [2.45, 2.75) is 37.4 Å². The predicted molar refractivity (Wildman–Crippen MR) is 128 cm³/mol. The molecule has 0 fully saturated rings. The summed E-state index contributed by atoms with van der Waals surface area (Å²) < 4.78 is 6.85. The molecule has 1 aromatic carbocycles. The molecule has 1 aliphatic carbocycles. The van der Waals surface area contributed by atoms with Crippen molar-refractivity contribution in [1.82, 2.24) is 14.9 Å². The Bertz CT molecular complexity index is 1330. The summed E-state index contributed by atoms with van der Waals surface area (Å²) in [6, 6.07) is 10.7. The lowest BCUT2D eigenvalue weighted by Gasteiger charge is -2.13. The maximum Gasteiger partial charge on any atom is 0.267 e. The van der Waals surface area contributed by atoms with Crippen molar-refractivity contribution in [1.29, 1.82) is 0 Å². The van der Waals surface area contributed by atoms with Gasteiger partial charge in [0.25, 0.3) is 5.56 Å². The van der Waals surface area contributed by atoms with Crippen LogP contribution in [-0.2, 0) is 24.2 Å². The lowest BCUT2D eigenvalue weighted by molar-refractivity contribution is -0.118. The number of fused-ring (bicyclic) bond motifs is 3. The Morgan fingerprint density at radius 2 is 2.03 bits per heavy atom. The first kappa shape index (κ1) is 21.3. The summed E-state index contributed by atoms with van der Waals surface area (Å²) in [6.07, 6.45) is 5.71. The van der Waals surface area contributed by atoms with Crippen LogP contribution in [0.1, 0.15) is 29.0 Å². The normalized spacial score (nSPS) is 13.3. The number of benzene rings is 1. The first-order valence-corrected chi connectivity index (χ1v) is 12.5. The number of nitrogens with zero attached hydrogens (tertiary/aromatic N) is 2. The minimum atomic E-state index is -0.158. The molecule has 0 unspecified atom stereocenters. The summed E-state index contributed by atoms with van der Waals surface area (Å²) in [5, 5.41) is 4.63. The van der Waals surface area contributed by atoms with Crippen LogP contribution in [-0.4, -0.2) is 21.2 Å². The Kier molecular flexibility index (Phi) is 6.08. The second kappa shape index (κ2) is 9.13. The summed E-state index contributed by atoms with van der Waals surface area (Å²) in [7, 11) is 0. The Hall–Kier alpha value is -2.55. The minimum absolute atomic E-state index is 0.0878. The molecule has 32 heavy (non-hydrogen) atoms. The molecule has 0 spiro atoms. The molecule has 5 rings (SSSR count). The molecule has 6 nitrogen and oxygen atoms in total. The van der Waals surface area contributed by atoms with Crippen LogP contribution in [0.25, 0.3) is 15.9 Å². The fraction of sp³-hybridized carbons (Fsp3) is 0.261. The number of nitrogens with one attached hydrogen (secondary N) is 1. The first-order chi connectivity index (χ1) is 15.6. The summed E-state index contributed by atoms with van der Waals surface area (Å²) in [5.41, 5.74) is 1.74. The number of hydrogen-bond donors (Lipinski definition) is 1. The van der Waals surface area contributed by atoms with Crippen molar-refractivity contribution in [3.05, 3.63) is 74.2 Å². The highest BCUT2D eigenvalue weighted by Crippen LogP contribution is 2.35. The van der Waals surface area contributed by atoms with E-state index in [9.17, 15) is 9.59 Å². The molecule has 3 heterocycles. The zero-order chi connectivity index (χ0) is 22.1. The summed E-state index contributed by atoms with van der Waals surface area (Å²) in [6.45, 7) is 0.320. The number of furan rings is 1. The lowest BCUT2D eigenvalue weighted by Crippen LogP contribution is -2.26. The second-order valence-electron chi connectivity index (χ2n) is 7.55. The third-order valence-electron chi connectivity index (χ3n) is 5.42. The van der Waals surface area contributed by atoms with Gasteiger partial charge in [0.15, 0.2) is 5.16 Å². The van der Waals surface area contributed by atoms with E-state index >= 15 is 0 Å². The van der Waals surface area contributed by atoms with Gasteiger partial charge in [-0.2, -0.15) is 0 Å². The highest BCUT2D eigenvalue weighted by Gasteiger charge is 2.23. The highest BCUT2D eigenvalue weighted by atomic mass is 35.5. The van der Waals surface area contributed by atoms with Gasteiger partial charge in [0.05, 0.1) is 29.6 Å². The fourth-order valence-electron chi connectivity index (χ4n) is 3.88. The zero-order valence-corrected chi connectivity index (χ0v) is 19.5. The molecule has 0 saturated carbocycles. The molecule has 0 aliphatic heterocycles. The van der Waals surface area contributed by atoms with Gasteiger partial charge in [-0.15, -0.1) is 11.3 Å². The van der Waals surface area contributed by atoms with Crippen LogP contribution >= 0.6 is 34.7 Å². The molecule has 0 radical (unpaired) electrons. The van der Waals surface area contributed by atoms with E-state index in [1.807, 2.05) is 0 Å². The van der Waals surface area contributed by atoms with Gasteiger partial charge in [-0.3, -0.25) is 14.2 Å². The van der Waals surface area contributed by atoms with Crippen molar-refractivity contribution in [2.24, 2.45) is 0 Å². The summed E-state index contributed by atoms with van der Waals surface area (Å²) >= 11 is 8.92. The molecule has 0 atom stereocenters. The number of amides is 1. The Morgan fingerprint density at radius 1 is 1.22 bits per heavy atom. The summed E-state index contributed by atoms with van der Waals surface area (Å²) in [4.78, 5) is 32.9. The SMILES string of the molecule is O=C(CSc1nc2sc3c(c2c(=O)n1-c1ccc(Cl)cc1)CCCC3)NCc1ccco1. The average Bonchev–Trinajstić information content (AvgIpc) is 3.45. The van der Waals surface area contributed by atoms with Gasteiger partial charge >= 0.3 is 0 Å². The highest BCUT2D eigenvalue weighted by molar-refractivity contribution is 7.99. The molecule has 0 saturated heterocycles. The Balaban J connectivity index is 1.50. The van der Waals surface area contributed by atoms with Crippen LogP contribution in [0.5, 0.6) is 0 Å². The Morgan fingerprint density at radius 3 is 2.81 bits per heavy atom. The predicted octanol–water partition coefficient (Wildman–Crippen LogP) is 4.98. The monoisotopic (exact) mass is 485 g/mol. The van der Waals surface area contributed by atoms with Crippen LogP contribution in [0.4, 0.5) is 0 Å². The summed E-state index contributed by atoms with van der Waals surface area (Å²) in [5.74, 6) is 0.663. The smallest absolute Gasteiger partial charge is 0.267 e. The minimum Gasteiger partial charge on any atom is -0.467 e. The van der Waals surface area contributed by atoms with Crippen molar-refractivity contribution >= 4 is 50.8 Å². The third kappa shape index (κ3) is 4.22. The number of thiophene rings is 1. The average molecular weight is 486 g/mol. The number of rotatable bonds is 6. The van der Waals surface area contributed by atoms with E-state index in [1.54, 1.807) is 58.6 Å². The van der Waals surface area contributed by atoms with Crippen molar-refractivity contribution in [3.8, 4) is 5.69 Å². The number of carbonyl (C=O) groups is 1. The van der Waals surface area contributed by atoms with E-state index in [2.05, 4.69) is 5.32 Å². The van der Waals surface area contributed by atoms with Crippen LogP contribution in [0, 0.1) is 0 Å². The number of carbonyl (C=O) groups excluding carboxylic acids is 1. The van der Waals surface area contributed by atoms with E-state index in [0.29, 0.717) is 33.6 Å². The van der Waals surface area contributed by atoms with E-state index in [4.69, 9.17) is 21.0 Å². The maximum absolute atomic E-state index is 13.7. The largest absolute Gasteiger partial charge is 0.467 e. The van der Waals surface area contributed by atoms with Crippen LogP contribution in [0.15, 0.2) is 57.0 Å². The third-order valence-corrected chi connectivity index (χ3v) is 7.79. The van der Waals surface area contributed by atoms with Crippen molar-refractivity contribution < 1.29 is 9.21 Å². The standard InChI is InChI=1S/C23H20ClN3O3S2/c24-14-7-9-15(10-8-14)27-22(29)20-17-5-1-2-6-18(17)32-21(20)26-23(27)31-13-19(28)25-12-16-4-3-11-30-16/h3-4,7-11H,1-2,5-6,12-13H2,(H,25,28). The van der Waals surface area contributed by atoms with Gasteiger partial charge in [0.2, 0.25) is 5.91 Å². The lowest BCUT2D eigenvalue weighted by atomic mass is 9.97. The van der Waals surface area contributed by atoms with Gasteiger partial charge < -0.3 is 9.73 Å². The topological polar surface area (TPSA) is 77.1 Å². The molecule has 4 aromatic rings. The van der Waals surface area contributed by atoms with E-state index < -0.39 is 0 Å². The molecule has 0 bridgehead atoms. The van der Waals surface area contributed by atoms with Gasteiger partial charge in [0.1, 0.15) is 10.6 Å². The van der Waals surface area contributed by atoms with Crippen LogP contribution in [0.3, 0.4) is 0 Å².